The molecule has 1 atom stereocenters. The van der Waals surface area contributed by atoms with Crippen molar-refractivity contribution in [3.05, 3.63) is 24.3 Å². The highest BCUT2D eigenvalue weighted by Crippen LogP contribution is 2.25. The summed E-state index contributed by atoms with van der Waals surface area (Å²) < 4.78 is 0. The lowest BCUT2D eigenvalue weighted by molar-refractivity contribution is 0.305. The van der Waals surface area contributed by atoms with Crippen LogP contribution in [-0.4, -0.2) is 23.7 Å². The van der Waals surface area contributed by atoms with Crippen LogP contribution in [-0.2, 0) is 0 Å². The van der Waals surface area contributed by atoms with Gasteiger partial charge in [0.25, 0.3) is 0 Å². The molecular formula is C8H12N2. The smallest absolute Gasteiger partial charge is 0.0918 e. The number of allylic oxidation sites excluding steroid dienone is 2. The summed E-state index contributed by atoms with van der Waals surface area (Å²) in [6.07, 6.45) is 9.25. The Kier molecular flexibility index (Phi) is 1.19. The van der Waals surface area contributed by atoms with Crippen molar-refractivity contribution >= 4 is 0 Å². The molecule has 2 heteroatoms. The summed E-state index contributed by atoms with van der Waals surface area (Å²) in [6.45, 7) is 2.32. The average molecular weight is 136 g/mol. The van der Waals surface area contributed by atoms with Gasteiger partial charge in [0, 0.05) is 19.5 Å². The van der Waals surface area contributed by atoms with Crippen LogP contribution in [0.4, 0.5) is 0 Å². The van der Waals surface area contributed by atoms with Crippen LogP contribution in [0, 0.1) is 0 Å². The Morgan fingerprint density at radius 1 is 1.30 bits per heavy atom. The van der Waals surface area contributed by atoms with Crippen molar-refractivity contribution in [1.29, 1.82) is 0 Å². The van der Waals surface area contributed by atoms with Gasteiger partial charge in [0.1, 0.15) is 0 Å². The summed E-state index contributed by atoms with van der Waals surface area (Å²) in [5.74, 6) is 0. The molecule has 1 fully saturated rings. The maximum atomic E-state index is 6.05. The molecule has 1 heterocycles. The maximum Gasteiger partial charge on any atom is 0.0918 e. The van der Waals surface area contributed by atoms with E-state index in [1.54, 1.807) is 0 Å². The number of hydrogen-bond acceptors (Lipinski definition) is 2. The van der Waals surface area contributed by atoms with Crippen LogP contribution in [0.25, 0.3) is 0 Å². The molecule has 0 radical (unpaired) electrons. The highest BCUT2D eigenvalue weighted by molar-refractivity contribution is 5.20. The normalized spacial score (nSPS) is 38.5. The Morgan fingerprint density at radius 3 is 2.60 bits per heavy atom. The second-order valence-electron chi connectivity index (χ2n) is 2.97. The van der Waals surface area contributed by atoms with Crippen LogP contribution in [0.5, 0.6) is 0 Å². The van der Waals surface area contributed by atoms with Crippen LogP contribution in [0.15, 0.2) is 24.3 Å². The molecule has 2 rings (SSSR count). The lowest BCUT2D eigenvalue weighted by Crippen LogP contribution is -2.45. The van der Waals surface area contributed by atoms with Crippen LogP contribution < -0.4 is 5.73 Å². The van der Waals surface area contributed by atoms with Crippen molar-refractivity contribution in [1.82, 2.24) is 4.90 Å². The summed E-state index contributed by atoms with van der Waals surface area (Å²) in [7, 11) is 0. The van der Waals surface area contributed by atoms with Gasteiger partial charge in [-0.3, -0.25) is 4.90 Å². The third-order valence-corrected chi connectivity index (χ3v) is 2.11. The molecule has 0 amide bonds. The number of nitrogens with two attached hydrogens (primary N) is 1. The summed E-state index contributed by atoms with van der Waals surface area (Å²) in [5.41, 5.74) is 5.91. The zero-order chi connectivity index (χ0) is 7.03. The van der Waals surface area contributed by atoms with Gasteiger partial charge < -0.3 is 5.73 Å². The van der Waals surface area contributed by atoms with Gasteiger partial charge in [0.05, 0.1) is 5.66 Å². The molecule has 0 aromatic carbocycles. The fourth-order valence-electron chi connectivity index (χ4n) is 1.33. The first-order valence-corrected chi connectivity index (χ1v) is 3.70. The molecule has 1 aliphatic carbocycles. The third kappa shape index (κ3) is 0.895. The quantitative estimate of drug-likeness (QED) is 0.531. The predicted octanol–water partition coefficient (Wildman–Crippen LogP) is 0.473. The van der Waals surface area contributed by atoms with Gasteiger partial charge in [-0.1, -0.05) is 18.2 Å². The van der Waals surface area contributed by atoms with E-state index in [9.17, 15) is 0 Å². The number of rotatable bonds is 1. The Labute approximate surface area is 61.0 Å². The molecule has 1 unspecified atom stereocenters. The first-order valence-electron chi connectivity index (χ1n) is 3.70. The van der Waals surface area contributed by atoms with Crippen molar-refractivity contribution < 1.29 is 0 Å². The fourth-order valence-corrected chi connectivity index (χ4v) is 1.33. The van der Waals surface area contributed by atoms with Crippen molar-refractivity contribution in [3.63, 3.8) is 0 Å². The molecule has 0 spiro atoms. The lowest BCUT2D eigenvalue weighted by atomic mass is 10.0. The van der Waals surface area contributed by atoms with E-state index in [-0.39, 0.29) is 5.66 Å². The van der Waals surface area contributed by atoms with Crippen LogP contribution in [0.2, 0.25) is 0 Å². The van der Waals surface area contributed by atoms with Crippen molar-refractivity contribution in [2.24, 2.45) is 5.73 Å². The third-order valence-electron chi connectivity index (χ3n) is 2.11. The minimum atomic E-state index is -0.144. The highest BCUT2D eigenvalue weighted by atomic mass is 15.4. The topological polar surface area (TPSA) is 29.0 Å². The maximum absolute atomic E-state index is 6.05. The average Bonchev–Trinajstić information content (AvgIpc) is 2.69. The number of nitrogens with zero attached hydrogens (tertiary/aromatic N) is 1. The second-order valence-corrected chi connectivity index (χ2v) is 2.97. The molecular weight excluding hydrogens is 124 g/mol. The Balaban J connectivity index is 2.14. The minimum Gasteiger partial charge on any atom is -0.310 e. The van der Waals surface area contributed by atoms with Gasteiger partial charge >= 0.3 is 0 Å². The van der Waals surface area contributed by atoms with Gasteiger partial charge in [-0.15, -0.1) is 0 Å². The van der Waals surface area contributed by atoms with E-state index in [0.717, 1.165) is 19.5 Å². The second kappa shape index (κ2) is 1.94. The molecule has 2 nitrogen and oxygen atoms in total. The standard InChI is InChI=1S/C8H12N2/c9-8(10-6-7-10)4-2-1-3-5-8/h1-4H,5-7,9H2. The Morgan fingerprint density at radius 2 is 2.10 bits per heavy atom. The first kappa shape index (κ1) is 6.13. The molecule has 0 bridgehead atoms. The van der Waals surface area contributed by atoms with E-state index in [2.05, 4.69) is 23.1 Å². The molecule has 0 aromatic heterocycles. The summed E-state index contributed by atoms with van der Waals surface area (Å²) in [5, 5.41) is 0. The van der Waals surface area contributed by atoms with Gasteiger partial charge in [-0.25, -0.2) is 0 Å². The molecule has 2 aliphatic rings. The lowest BCUT2D eigenvalue weighted by Gasteiger charge is -2.27. The summed E-state index contributed by atoms with van der Waals surface area (Å²) in [4.78, 5) is 2.27. The molecule has 1 saturated heterocycles. The molecule has 0 saturated carbocycles. The van der Waals surface area contributed by atoms with E-state index in [4.69, 9.17) is 5.73 Å². The molecule has 2 N–H and O–H groups in total. The zero-order valence-corrected chi connectivity index (χ0v) is 5.96. The van der Waals surface area contributed by atoms with Gasteiger partial charge in [-0.05, 0) is 6.08 Å². The van der Waals surface area contributed by atoms with E-state index in [1.807, 2.05) is 6.08 Å². The fraction of sp³-hybridized carbons (Fsp3) is 0.500. The van der Waals surface area contributed by atoms with E-state index in [0.29, 0.717) is 0 Å². The van der Waals surface area contributed by atoms with Gasteiger partial charge in [-0.2, -0.15) is 0 Å². The SMILES string of the molecule is NC1(N2CC2)C=CC=CC1. The van der Waals surface area contributed by atoms with E-state index < -0.39 is 0 Å². The monoisotopic (exact) mass is 136 g/mol. The number of hydrogen-bond donors (Lipinski definition) is 1. The van der Waals surface area contributed by atoms with Crippen LogP contribution >= 0.6 is 0 Å². The van der Waals surface area contributed by atoms with Crippen LogP contribution in [0.3, 0.4) is 0 Å². The molecule has 1 aliphatic heterocycles. The van der Waals surface area contributed by atoms with Crippen LogP contribution in [0.1, 0.15) is 6.42 Å². The first-order chi connectivity index (χ1) is 4.81. The van der Waals surface area contributed by atoms with Crippen molar-refractivity contribution in [2.75, 3.05) is 13.1 Å². The van der Waals surface area contributed by atoms with Gasteiger partial charge in [0.2, 0.25) is 0 Å². The minimum absolute atomic E-state index is 0.144. The van der Waals surface area contributed by atoms with E-state index in [1.165, 1.54) is 0 Å². The molecule has 10 heavy (non-hydrogen) atoms. The Hall–Kier alpha value is -0.600. The largest absolute Gasteiger partial charge is 0.310 e. The van der Waals surface area contributed by atoms with Crippen molar-refractivity contribution in [3.8, 4) is 0 Å². The van der Waals surface area contributed by atoms with Gasteiger partial charge in [0.15, 0.2) is 0 Å². The Bertz CT molecular complexity index is 191. The predicted molar refractivity (Wildman–Crippen MR) is 41.4 cm³/mol. The molecule has 0 aromatic rings. The van der Waals surface area contributed by atoms with Crippen molar-refractivity contribution in [2.45, 2.75) is 12.1 Å². The zero-order valence-electron chi connectivity index (χ0n) is 5.96. The van der Waals surface area contributed by atoms with E-state index >= 15 is 0 Å². The summed E-state index contributed by atoms with van der Waals surface area (Å²) >= 11 is 0. The molecule has 54 valence electrons. The summed E-state index contributed by atoms with van der Waals surface area (Å²) in [6, 6.07) is 0. The highest BCUT2D eigenvalue weighted by Gasteiger charge is 2.36.